The zero-order valence-electron chi connectivity index (χ0n) is 15.1. The van der Waals surface area contributed by atoms with Gasteiger partial charge in [0.1, 0.15) is 18.0 Å². The highest BCUT2D eigenvalue weighted by molar-refractivity contribution is 5.62. The second-order valence-corrected chi connectivity index (χ2v) is 5.86. The molecule has 130 valence electrons. The number of anilines is 4. The molecule has 6 nitrogen and oxygen atoms in total. The van der Waals surface area contributed by atoms with E-state index in [1.165, 1.54) is 5.69 Å². The Morgan fingerprint density at radius 1 is 0.958 bits per heavy atom. The highest BCUT2D eigenvalue weighted by Gasteiger charge is 2.03. The second kappa shape index (κ2) is 9.08. The Morgan fingerprint density at radius 3 is 2.25 bits per heavy atom. The zero-order valence-corrected chi connectivity index (χ0v) is 15.1. The van der Waals surface area contributed by atoms with Crippen molar-refractivity contribution < 1.29 is 0 Å². The van der Waals surface area contributed by atoms with Crippen LogP contribution < -0.4 is 15.5 Å². The van der Waals surface area contributed by atoms with Gasteiger partial charge in [-0.1, -0.05) is 0 Å². The molecular weight excluding hydrogens is 300 g/mol. The minimum atomic E-state index is 0.785. The van der Waals surface area contributed by atoms with Crippen molar-refractivity contribution in [2.45, 2.75) is 13.8 Å². The van der Waals surface area contributed by atoms with Crippen LogP contribution in [0.3, 0.4) is 0 Å². The Bertz CT molecular complexity index is 607. The van der Waals surface area contributed by atoms with Gasteiger partial charge in [0.2, 0.25) is 0 Å². The fourth-order valence-corrected chi connectivity index (χ4v) is 2.42. The number of likely N-dealkylation sites (N-methyl/N-ethyl adjacent to an activating group) is 1. The summed E-state index contributed by atoms with van der Waals surface area (Å²) in [6, 6.07) is 10.3. The van der Waals surface area contributed by atoms with E-state index in [0.717, 1.165) is 43.5 Å². The van der Waals surface area contributed by atoms with E-state index in [0.29, 0.717) is 0 Å². The van der Waals surface area contributed by atoms with Crippen molar-refractivity contribution in [3.8, 4) is 0 Å². The van der Waals surface area contributed by atoms with Crippen LogP contribution in [-0.2, 0) is 0 Å². The first-order valence-electron chi connectivity index (χ1n) is 8.45. The number of aromatic nitrogens is 2. The van der Waals surface area contributed by atoms with Gasteiger partial charge in [-0.2, -0.15) is 0 Å². The summed E-state index contributed by atoms with van der Waals surface area (Å²) in [6.07, 6.45) is 1.57. The van der Waals surface area contributed by atoms with Gasteiger partial charge in [0.15, 0.2) is 0 Å². The van der Waals surface area contributed by atoms with Crippen LogP contribution in [0.15, 0.2) is 36.7 Å². The summed E-state index contributed by atoms with van der Waals surface area (Å²) in [4.78, 5) is 13.0. The van der Waals surface area contributed by atoms with Gasteiger partial charge in [-0.3, -0.25) is 0 Å². The van der Waals surface area contributed by atoms with E-state index in [1.807, 2.05) is 6.07 Å². The summed E-state index contributed by atoms with van der Waals surface area (Å²) in [5.41, 5.74) is 2.25. The molecule has 0 aliphatic heterocycles. The standard InChI is InChI=1S/C18H28N6/c1-5-24(6-2)16-9-7-15(8-10-16)22-18-13-17(20-14-21-18)19-11-12-23(3)4/h7-10,13-14H,5-6,11-12H2,1-4H3,(H2,19,20,21,22). The topological polar surface area (TPSA) is 56.3 Å². The van der Waals surface area contributed by atoms with E-state index in [1.54, 1.807) is 6.33 Å². The van der Waals surface area contributed by atoms with Crippen molar-refractivity contribution in [2.24, 2.45) is 0 Å². The van der Waals surface area contributed by atoms with Gasteiger partial charge in [-0.25, -0.2) is 9.97 Å². The smallest absolute Gasteiger partial charge is 0.135 e. The monoisotopic (exact) mass is 328 g/mol. The Labute approximate surface area is 144 Å². The predicted octanol–water partition coefficient (Wildman–Crippen LogP) is 3.04. The van der Waals surface area contributed by atoms with E-state index in [2.05, 4.69) is 82.6 Å². The Hall–Kier alpha value is -2.34. The van der Waals surface area contributed by atoms with Crippen molar-refractivity contribution in [1.82, 2.24) is 14.9 Å². The summed E-state index contributed by atoms with van der Waals surface area (Å²) < 4.78 is 0. The number of rotatable bonds is 9. The third kappa shape index (κ3) is 5.38. The summed E-state index contributed by atoms with van der Waals surface area (Å²) in [5, 5.41) is 6.63. The van der Waals surface area contributed by atoms with Gasteiger partial charge >= 0.3 is 0 Å². The Balaban J connectivity index is 1.98. The molecular formula is C18H28N6. The van der Waals surface area contributed by atoms with Crippen molar-refractivity contribution >= 4 is 23.0 Å². The molecule has 0 aliphatic rings. The molecule has 0 radical (unpaired) electrons. The molecule has 0 saturated carbocycles. The average molecular weight is 328 g/mol. The summed E-state index contributed by atoms with van der Waals surface area (Å²) in [6.45, 7) is 8.17. The van der Waals surface area contributed by atoms with Crippen molar-refractivity contribution in [1.29, 1.82) is 0 Å². The second-order valence-electron chi connectivity index (χ2n) is 5.86. The third-order valence-corrected chi connectivity index (χ3v) is 3.80. The minimum Gasteiger partial charge on any atom is -0.372 e. The molecule has 0 aliphatic carbocycles. The molecule has 2 aromatic rings. The van der Waals surface area contributed by atoms with Gasteiger partial charge in [0.05, 0.1) is 0 Å². The van der Waals surface area contributed by atoms with Crippen LogP contribution in [0, 0.1) is 0 Å². The average Bonchev–Trinajstić information content (AvgIpc) is 2.57. The molecule has 0 atom stereocenters. The lowest BCUT2D eigenvalue weighted by molar-refractivity contribution is 0.425. The number of nitrogens with zero attached hydrogens (tertiary/aromatic N) is 4. The maximum absolute atomic E-state index is 4.28. The van der Waals surface area contributed by atoms with Crippen LogP contribution in [0.1, 0.15) is 13.8 Å². The van der Waals surface area contributed by atoms with Crippen LogP contribution in [0.25, 0.3) is 0 Å². The quantitative estimate of drug-likeness (QED) is 0.738. The van der Waals surface area contributed by atoms with Gasteiger partial charge in [-0.05, 0) is 52.2 Å². The predicted molar refractivity (Wildman–Crippen MR) is 102 cm³/mol. The van der Waals surface area contributed by atoms with E-state index in [9.17, 15) is 0 Å². The lowest BCUT2D eigenvalue weighted by atomic mass is 10.2. The highest BCUT2D eigenvalue weighted by Crippen LogP contribution is 2.20. The fourth-order valence-electron chi connectivity index (χ4n) is 2.42. The normalized spacial score (nSPS) is 10.7. The molecule has 1 aromatic heterocycles. The molecule has 0 fully saturated rings. The van der Waals surface area contributed by atoms with Gasteiger partial charge < -0.3 is 20.4 Å². The van der Waals surface area contributed by atoms with Crippen LogP contribution in [0.5, 0.6) is 0 Å². The lowest BCUT2D eigenvalue weighted by Crippen LogP contribution is -2.21. The van der Waals surface area contributed by atoms with E-state index >= 15 is 0 Å². The van der Waals surface area contributed by atoms with Gasteiger partial charge in [0.25, 0.3) is 0 Å². The number of nitrogens with one attached hydrogen (secondary N) is 2. The van der Waals surface area contributed by atoms with Crippen LogP contribution in [-0.4, -0.2) is 55.1 Å². The number of hydrogen-bond acceptors (Lipinski definition) is 6. The number of hydrogen-bond donors (Lipinski definition) is 2. The van der Waals surface area contributed by atoms with Gasteiger partial charge in [0, 0.05) is 43.6 Å². The molecule has 2 N–H and O–H groups in total. The van der Waals surface area contributed by atoms with Crippen LogP contribution in [0.2, 0.25) is 0 Å². The largest absolute Gasteiger partial charge is 0.372 e. The minimum absolute atomic E-state index is 0.785. The molecule has 0 amide bonds. The SMILES string of the molecule is CCN(CC)c1ccc(Nc2cc(NCCN(C)C)ncn2)cc1. The highest BCUT2D eigenvalue weighted by atomic mass is 15.1. The molecule has 24 heavy (non-hydrogen) atoms. The van der Waals surface area contributed by atoms with Crippen LogP contribution >= 0.6 is 0 Å². The molecule has 0 bridgehead atoms. The van der Waals surface area contributed by atoms with E-state index < -0.39 is 0 Å². The van der Waals surface area contributed by atoms with E-state index in [4.69, 9.17) is 0 Å². The number of benzene rings is 1. The molecule has 0 saturated heterocycles. The van der Waals surface area contributed by atoms with Crippen molar-refractivity contribution in [3.05, 3.63) is 36.7 Å². The maximum Gasteiger partial charge on any atom is 0.135 e. The molecule has 2 rings (SSSR count). The summed E-state index contributed by atoms with van der Waals surface area (Å²) in [5.74, 6) is 1.61. The zero-order chi connectivity index (χ0) is 17.4. The Kier molecular flexibility index (Phi) is 6.81. The molecule has 6 heteroatoms. The third-order valence-electron chi connectivity index (χ3n) is 3.80. The lowest BCUT2D eigenvalue weighted by Gasteiger charge is -2.21. The van der Waals surface area contributed by atoms with Gasteiger partial charge in [-0.15, -0.1) is 0 Å². The summed E-state index contributed by atoms with van der Waals surface area (Å²) >= 11 is 0. The van der Waals surface area contributed by atoms with Crippen LogP contribution in [0.4, 0.5) is 23.0 Å². The molecule has 0 spiro atoms. The molecule has 1 heterocycles. The molecule has 1 aromatic carbocycles. The summed E-state index contributed by atoms with van der Waals surface area (Å²) in [7, 11) is 4.10. The fraction of sp³-hybridized carbons (Fsp3) is 0.444. The maximum atomic E-state index is 4.28. The molecule has 0 unspecified atom stereocenters. The van der Waals surface area contributed by atoms with Crippen molar-refractivity contribution in [3.63, 3.8) is 0 Å². The first-order chi connectivity index (χ1) is 11.6. The van der Waals surface area contributed by atoms with Crippen molar-refractivity contribution in [2.75, 3.05) is 55.8 Å². The Morgan fingerprint density at radius 2 is 1.62 bits per heavy atom. The van der Waals surface area contributed by atoms with E-state index in [-0.39, 0.29) is 0 Å². The first-order valence-corrected chi connectivity index (χ1v) is 8.45. The first kappa shape index (κ1) is 18.0.